The minimum atomic E-state index is -0.345. The number of hydrogen-bond acceptors (Lipinski definition) is 3. The molecule has 2 unspecified atom stereocenters. The van der Waals surface area contributed by atoms with Gasteiger partial charge in [0.1, 0.15) is 5.82 Å². The Morgan fingerprint density at radius 2 is 2.25 bits per heavy atom. The first-order chi connectivity index (χ1) is 9.61. The van der Waals surface area contributed by atoms with Crippen molar-refractivity contribution in [1.29, 1.82) is 0 Å². The monoisotopic (exact) mass is 277 g/mol. The molecule has 20 heavy (non-hydrogen) atoms. The molecule has 0 aliphatic carbocycles. The number of nitrogens with zero attached hydrogens (tertiary/aromatic N) is 1. The highest BCUT2D eigenvalue weighted by molar-refractivity contribution is 5.77. The average Bonchev–Trinajstić information content (AvgIpc) is 2.43. The van der Waals surface area contributed by atoms with Gasteiger partial charge in [0.25, 0.3) is 0 Å². The average molecular weight is 277 g/mol. The number of anilines is 1. The highest BCUT2D eigenvalue weighted by Crippen LogP contribution is 2.26. The van der Waals surface area contributed by atoms with Gasteiger partial charge in [-0.1, -0.05) is 6.07 Å². The van der Waals surface area contributed by atoms with Crippen LogP contribution < -0.4 is 11.1 Å². The molecule has 2 atom stereocenters. The van der Waals surface area contributed by atoms with Crippen LogP contribution in [-0.2, 0) is 11.3 Å². The van der Waals surface area contributed by atoms with E-state index in [0.29, 0.717) is 18.4 Å². The molecule has 2 fully saturated rings. The molecule has 0 saturated carbocycles. The SMILES string of the molecule is Nc1ccc(CN2CCC3NC(=O)CCC3C2)cc1F. The number of rotatable bonds is 2. The van der Waals surface area contributed by atoms with E-state index in [1.54, 1.807) is 6.07 Å². The van der Waals surface area contributed by atoms with Crippen molar-refractivity contribution < 1.29 is 9.18 Å². The van der Waals surface area contributed by atoms with Gasteiger partial charge in [-0.2, -0.15) is 0 Å². The summed E-state index contributed by atoms with van der Waals surface area (Å²) in [5, 5.41) is 3.08. The summed E-state index contributed by atoms with van der Waals surface area (Å²) in [5.41, 5.74) is 6.64. The Bertz CT molecular complexity index is 520. The summed E-state index contributed by atoms with van der Waals surface area (Å²) >= 11 is 0. The molecular weight excluding hydrogens is 257 g/mol. The Labute approximate surface area is 118 Å². The van der Waals surface area contributed by atoms with Crippen LogP contribution in [0.15, 0.2) is 18.2 Å². The normalized spacial score (nSPS) is 26.9. The first kappa shape index (κ1) is 13.4. The molecule has 108 valence electrons. The van der Waals surface area contributed by atoms with Gasteiger partial charge in [0.05, 0.1) is 5.69 Å². The van der Waals surface area contributed by atoms with Gasteiger partial charge in [-0.15, -0.1) is 0 Å². The van der Waals surface area contributed by atoms with Gasteiger partial charge in [-0.05, 0) is 36.5 Å². The summed E-state index contributed by atoms with van der Waals surface area (Å²) in [4.78, 5) is 13.7. The second-order valence-electron chi connectivity index (χ2n) is 5.85. The number of nitrogens with two attached hydrogens (primary N) is 1. The van der Waals surface area contributed by atoms with Crippen molar-refractivity contribution in [3.05, 3.63) is 29.6 Å². The largest absolute Gasteiger partial charge is 0.396 e. The molecule has 5 heteroatoms. The van der Waals surface area contributed by atoms with E-state index in [1.807, 2.05) is 6.07 Å². The third-order valence-corrected chi connectivity index (χ3v) is 4.38. The van der Waals surface area contributed by atoms with Gasteiger partial charge >= 0.3 is 0 Å². The van der Waals surface area contributed by atoms with Crippen molar-refractivity contribution in [2.45, 2.75) is 31.8 Å². The maximum atomic E-state index is 13.5. The van der Waals surface area contributed by atoms with Crippen LogP contribution in [0.25, 0.3) is 0 Å². The molecule has 3 N–H and O–H groups in total. The number of piperidine rings is 2. The lowest BCUT2D eigenvalue weighted by atomic mass is 9.85. The smallest absolute Gasteiger partial charge is 0.220 e. The third kappa shape index (κ3) is 2.77. The van der Waals surface area contributed by atoms with Crippen molar-refractivity contribution in [1.82, 2.24) is 10.2 Å². The number of likely N-dealkylation sites (tertiary alicyclic amines) is 1. The second-order valence-corrected chi connectivity index (χ2v) is 5.85. The Morgan fingerprint density at radius 3 is 3.05 bits per heavy atom. The summed E-state index contributed by atoms with van der Waals surface area (Å²) in [7, 11) is 0. The first-order valence-electron chi connectivity index (χ1n) is 7.17. The Morgan fingerprint density at radius 1 is 1.40 bits per heavy atom. The van der Waals surface area contributed by atoms with Crippen molar-refractivity contribution in [3.63, 3.8) is 0 Å². The number of carbonyl (C=O) groups excluding carboxylic acids is 1. The number of nitrogen functional groups attached to an aromatic ring is 1. The molecular formula is C15H20FN3O. The molecule has 1 aromatic rings. The lowest BCUT2D eigenvalue weighted by Crippen LogP contribution is -2.53. The predicted molar refractivity (Wildman–Crippen MR) is 75.4 cm³/mol. The quantitative estimate of drug-likeness (QED) is 0.806. The molecule has 1 amide bonds. The molecule has 0 bridgehead atoms. The van der Waals surface area contributed by atoms with Gasteiger partial charge in [-0.3, -0.25) is 9.69 Å². The van der Waals surface area contributed by atoms with Gasteiger partial charge < -0.3 is 11.1 Å². The lowest BCUT2D eigenvalue weighted by Gasteiger charge is -2.41. The van der Waals surface area contributed by atoms with E-state index in [-0.39, 0.29) is 17.4 Å². The fourth-order valence-electron chi connectivity index (χ4n) is 3.26. The van der Waals surface area contributed by atoms with E-state index in [1.165, 1.54) is 6.07 Å². The van der Waals surface area contributed by atoms with E-state index in [9.17, 15) is 9.18 Å². The van der Waals surface area contributed by atoms with E-state index >= 15 is 0 Å². The Balaban J connectivity index is 1.62. The summed E-state index contributed by atoms with van der Waals surface area (Å²) in [6.45, 7) is 2.65. The minimum absolute atomic E-state index is 0.181. The molecule has 2 heterocycles. The van der Waals surface area contributed by atoms with Gasteiger partial charge in [-0.25, -0.2) is 4.39 Å². The zero-order valence-corrected chi connectivity index (χ0v) is 11.4. The fourth-order valence-corrected chi connectivity index (χ4v) is 3.26. The van der Waals surface area contributed by atoms with Crippen LogP contribution in [0, 0.1) is 11.7 Å². The molecule has 2 saturated heterocycles. The maximum absolute atomic E-state index is 13.5. The van der Waals surface area contributed by atoms with Crippen molar-refractivity contribution >= 4 is 11.6 Å². The molecule has 4 nitrogen and oxygen atoms in total. The summed E-state index contributed by atoms with van der Waals surface area (Å²) in [5.74, 6) is 0.364. The van der Waals surface area contributed by atoms with Crippen LogP contribution in [0.1, 0.15) is 24.8 Å². The third-order valence-electron chi connectivity index (χ3n) is 4.38. The number of fused-ring (bicyclic) bond motifs is 1. The van der Waals surface area contributed by atoms with Gasteiger partial charge in [0.15, 0.2) is 0 Å². The predicted octanol–water partition coefficient (Wildman–Crippen LogP) is 1.51. The summed E-state index contributed by atoms with van der Waals surface area (Å²) < 4.78 is 13.5. The van der Waals surface area contributed by atoms with Crippen molar-refractivity contribution in [3.8, 4) is 0 Å². The highest BCUT2D eigenvalue weighted by atomic mass is 19.1. The van der Waals surface area contributed by atoms with Gasteiger partial charge in [0.2, 0.25) is 5.91 Å². The van der Waals surface area contributed by atoms with Crippen molar-refractivity contribution in [2.75, 3.05) is 18.8 Å². The molecule has 3 rings (SSSR count). The van der Waals surface area contributed by atoms with E-state index in [2.05, 4.69) is 10.2 Å². The fraction of sp³-hybridized carbons (Fsp3) is 0.533. The van der Waals surface area contributed by atoms with E-state index in [0.717, 1.165) is 38.0 Å². The van der Waals surface area contributed by atoms with Crippen LogP contribution in [0.5, 0.6) is 0 Å². The van der Waals surface area contributed by atoms with Crippen molar-refractivity contribution in [2.24, 2.45) is 5.92 Å². The van der Waals surface area contributed by atoms with Crippen LogP contribution >= 0.6 is 0 Å². The zero-order valence-electron chi connectivity index (χ0n) is 11.4. The van der Waals surface area contributed by atoms with Crippen LogP contribution in [-0.4, -0.2) is 29.9 Å². The number of hydrogen-bond donors (Lipinski definition) is 2. The number of amides is 1. The molecule has 0 spiro atoms. The zero-order chi connectivity index (χ0) is 14.1. The lowest BCUT2D eigenvalue weighted by molar-refractivity contribution is -0.125. The van der Waals surface area contributed by atoms with Crippen LogP contribution in [0.4, 0.5) is 10.1 Å². The molecule has 2 aliphatic heterocycles. The Hall–Kier alpha value is -1.62. The minimum Gasteiger partial charge on any atom is -0.396 e. The van der Waals surface area contributed by atoms with Crippen LogP contribution in [0.3, 0.4) is 0 Å². The molecule has 2 aliphatic rings. The second kappa shape index (κ2) is 5.40. The number of halogens is 1. The summed E-state index contributed by atoms with van der Waals surface area (Å²) in [6.07, 6.45) is 2.57. The number of nitrogens with one attached hydrogen (secondary N) is 1. The highest BCUT2D eigenvalue weighted by Gasteiger charge is 2.33. The molecule has 0 aromatic heterocycles. The topological polar surface area (TPSA) is 58.4 Å². The number of benzene rings is 1. The van der Waals surface area contributed by atoms with E-state index in [4.69, 9.17) is 5.73 Å². The first-order valence-corrected chi connectivity index (χ1v) is 7.17. The number of carbonyl (C=O) groups is 1. The maximum Gasteiger partial charge on any atom is 0.220 e. The summed E-state index contributed by atoms with van der Waals surface area (Å²) in [6, 6.07) is 5.35. The van der Waals surface area contributed by atoms with Crippen LogP contribution in [0.2, 0.25) is 0 Å². The van der Waals surface area contributed by atoms with Gasteiger partial charge in [0, 0.05) is 32.1 Å². The van der Waals surface area contributed by atoms with E-state index < -0.39 is 0 Å². The Kier molecular flexibility index (Phi) is 3.61. The standard InChI is InChI=1S/C15H20FN3O/c16-12-7-10(1-3-13(12)17)8-19-6-5-14-11(9-19)2-4-15(20)18-14/h1,3,7,11,14H,2,4-6,8-9,17H2,(H,18,20). The molecule has 0 radical (unpaired) electrons. The molecule has 1 aromatic carbocycles.